The number of piperazine rings is 1. The smallest absolute Gasteiger partial charge is 0.270 e. The van der Waals surface area contributed by atoms with Crippen molar-refractivity contribution in [3.8, 4) is 0 Å². The van der Waals surface area contributed by atoms with Crippen LogP contribution in [0.3, 0.4) is 0 Å². The number of rotatable bonds is 2. The highest BCUT2D eigenvalue weighted by Crippen LogP contribution is 2.37. The van der Waals surface area contributed by atoms with Crippen LogP contribution in [0.2, 0.25) is 5.02 Å². The number of hydrogen-bond acceptors (Lipinski definition) is 2. The van der Waals surface area contributed by atoms with Crippen molar-refractivity contribution in [1.82, 2.24) is 14.8 Å². The van der Waals surface area contributed by atoms with Gasteiger partial charge in [0.2, 0.25) is 0 Å². The summed E-state index contributed by atoms with van der Waals surface area (Å²) in [6.07, 6.45) is 4.20. The number of halogens is 1. The molecule has 98 valence electrons. The van der Waals surface area contributed by atoms with Gasteiger partial charge in [0.15, 0.2) is 0 Å². The summed E-state index contributed by atoms with van der Waals surface area (Å²) >= 11 is 6.05. The monoisotopic (exact) mass is 267 g/mol. The Morgan fingerprint density at radius 3 is 2.94 bits per heavy atom. The summed E-state index contributed by atoms with van der Waals surface area (Å²) in [5, 5.41) is 3.96. The molecule has 0 radical (unpaired) electrons. The van der Waals surface area contributed by atoms with Gasteiger partial charge in [0.05, 0.1) is 5.02 Å². The van der Waals surface area contributed by atoms with E-state index in [-0.39, 0.29) is 11.9 Å². The van der Waals surface area contributed by atoms with Crippen LogP contribution in [0, 0.1) is 0 Å². The number of carbonyl (C=O) groups is 1. The second-order valence-electron chi connectivity index (χ2n) is 5.23. The lowest BCUT2D eigenvalue weighted by molar-refractivity contribution is 0.0644. The average molecular weight is 268 g/mol. The Morgan fingerprint density at radius 1 is 1.50 bits per heavy atom. The van der Waals surface area contributed by atoms with Gasteiger partial charge in [-0.2, -0.15) is 0 Å². The van der Waals surface area contributed by atoms with Crippen molar-refractivity contribution in [3.63, 3.8) is 0 Å². The number of nitrogens with zero attached hydrogens (tertiary/aromatic N) is 2. The molecule has 1 atom stereocenters. The van der Waals surface area contributed by atoms with E-state index < -0.39 is 0 Å². The van der Waals surface area contributed by atoms with E-state index in [1.807, 2.05) is 11.1 Å². The molecule has 3 rings (SSSR count). The zero-order valence-electron chi connectivity index (χ0n) is 10.5. The minimum absolute atomic E-state index is 0.114. The molecule has 1 saturated carbocycles. The molecule has 1 aromatic heterocycles. The molecule has 2 aliphatic rings. The molecule has 0 unspecified atom stereocenters. The quantitative estimate of drug-likeness (QED) is 0.889. The lowest BCUT2D eigenvalue weighted by atomic mass is 10.2. The van der Waals surface area contributed by atoms with Crippen LogP contribution in [-0.4, -0.2) is 41.1 Å². The van der Waals surface area contributed by atoms with Crippen molar-refractivity contribution >= 4 is 17.5 Å². The van der Waals surface area contributed by atoms with E-state index in [1.165, 1.54) is 0 Å². The third-order valence-corrected chi connectivity index (χ3v) is 3.94. The summed E-state index contributed by atoms with van der Waals surface area (Å²) in [6, 6.07) is 2.53. The van der Waals surface area contributed by atoms with Gasteiger partial charge in [0.25, 0.3) is 5.91 Å². The van der Waals surface area contributed by atoms with Crippen molar-refractivity contribution < 1.29 is 4.79 Å². The predicted octanol–water partition coefficient (Wildman–Crippen LogP) is 1.91. The molecular weight excluding hydrogens is 250 g/mol. The van der Waals surface area contributed by atoms with E-state index in [0.29, 0.717) is 11.1 Å². The first kappa shape index (κ1) is 12.1. The molecule has 1 aliphatic carbocycles. The van der Waals surface area contributed by atoms with E-state index in [1.54, 1.807) is 6.07 Å². The lowest BCUT2D eigenvalue weighted by Crippen LogP contribution is -2.52. The molecule has 1 amide bonds. The highest BCUT2D eigenvalue weighted by atomic mass is 35.5. The Labute approximate surface area is 112 Å². The molecule has 18 heavy (non-hydrogen) atoms. The molecule has 0 bridgehead atoms. The molecule has 5 heteroatoms. The van der Waals surface area contributed by atoms with Crippen molar-refractivity contribution in [3.05, 3.63) is 23.0 Å². The summed E-state index contributed by atoms with van der Waals surface area (Å²) in [4.78, 5) is 14.5. The Balaban J connectivity index is 1.86. The number of aromatic nitrogens is 1. The van der Waals surface area contributed by atoms with Gasteiger partial charge in [0.1, 0.15) is 5.69 Å². The summed E-state index contributed by atoms with van der Waals surface area (Å²) in [5.41, 5.74) is 0.747. The third kappa shape index (κ3) is 2.15. The second-order valence-corrected chi connectivity index (χ2v) is 5.67. The Bertz CT molecular complexity index is 467. The number of nitrogens with one attached hydrogen (secondary N) is 1. The molecule has 1 N–H and O–H groups in total. The Kier molecular flexibility index (Phi) is 3.08. The summed E-state index contributed by atoms with van der Waals surface area (Å²) in [7, 11) is 0. The zero-order chi connectivity index (χ0) is 12.7. The maximum absolute atomic E-state index is 12.6. The predicted molar refractivity (Wildman–Crippen MR) is 71.1 cm³/mol. The van der Waals surface area contributed by atoms with Crippen LogP contribution in [0.15, 0.2) is 12.3 Å². The topological polar surface area (TPSA) is 37.3 Å². The van der Waals surface area contributed by atoms with Crippen LogP contribution in [0.4, 0.5) is 0 Å². The van der Waals surface area contributed by atoms with Gasteiger partial charge >= 0.3 is 0 Å². The highest BCUT2D eigenvalue weighted by Gasteiger charge is 2.31. The normalized spacial score (nSPS) is 24.3. The molecule has 0 spiro atoms. The van der Waals surface area contributed by atoms with E-state index >= 15 is 0 Å². The van der Waals surface area contributed by atoms with Crippen LogP contribution in [0.25, 0.3) is 0 Å². The van der Waals surface area contributed by atoms with Crippen LogP contribution in [-0.2, 0) is 0 Å². The second kappa shape index (κ2) is 4.59. The Morgan fingerprint density at radius 2 is 2.28 bits per heavy atom. The molecule has 2 heterocycles. The van der Waals surface area contributed by atoms with Gasteiger partial charge in [-0.1, -0.05) is 11.6 Å². The van der Waals surface area contributed by atoms with Crippen LogP contribution < -0.4 is 5.32 Å². The van der Waals surface area contributed by atoms with Gasteiger partial charge in [0, 0.05) is 37.9 Å². The lowest BCUT2D eigenvalue weighted by Gasteiger charge is -2.34. The van der Waals surface area contributed by atoms with E-state index in [0.717, 1.165) is 38.2 Å². The van der Waals surface area contributed by atoms with Gasteiger partial charge in [-0.15, -0.1) is 0 Å². The van der Waals surface area contributed by atoms with Crippen molar-refractivity contribution in [2.24, 2.45) is 0 Å². The third-order valence-electron chi connectivity index (χ3n) is 3.74. The van der Waals surface area contributed by atoms with E-state index in [2.05, 4.69) is 16.8 Å². The number of hydrogen-bond donors (Lipinski definition) is 1. The van der Waals surface area contributed by atoms with Gasteiger partial charge in [-0.05, 0) is 25.8 Å². The molecule has 0 aromatic carbocycles. The zero-order valence-corrected chi connectivity index (χ0v) is 11.3. The fraction of sp³-hybridized carbons (Fsp3) is 0.615. The highest BCUT2D eigenvalue weighted by molar-refractivity contribution is 6.31. The summed E-state index contributed by atoms with van der Waals surface area (Å²) in [5.74, 6) is 0.114. The van der Waals surface area contributed by atoms with Crippen molar-refractivity contribution in [2.45, 2.75) is 31.8 Å². The van der Waals surface area contributed by atoms with Crippen LogP contribution in [0.1, 0.15) is 36.3 Å². The van der Waals surface area contributed by atoms with Crippen molar-refractivity contribution in [1.29, 1.82) is 0 Å². The first-order valence-electron chi connectivity index (χ1n) is 6.56. The first-order valence-corrected chi connectivity index (χ1v) is 6.93. The first-order chi connectivity index (χ1) is 8.66. The molecule has 1 aliphatic heterocycles. The largest absolute Gasteiger partial charge is 0.339 e. The van der Waals surface area contributed by atoms with Gasteiger partial charge in [-0.25, -0.2) is 0 Å². The van der Waals surface area contributed by atoms with E-state index in [4.69, 9.17) is 11.6 Å². The van der Waals surface area contributed by atoms with Gasteiger partial charge in [-0.3, -0.25) is 4.79 Å². The SMILES string of the molecule is C[C@@H]1CNCCN1C(=O)c1cc(Cl)cn1C1CC1. The molecule has 1 saturated heterocycles. The molecule has 2 fully saturated rings. The fourth-order valence-corrected chi connectivity index (χ4v) is 2.77. The van der Waals surface area contributed by atoms with Crippen LogP contribution >= 0.6 is 11.6 Å². The standard InChI is InChI=1S/C13H18ClN3O/c1-9-7-15-4-5-16(9)13(18)12-6-10(14)8-17(12)11-2-3-11/h6,8-9,11,15H,2-5,7H2,1H3/t9-/m1/s1. The van der Waals surface area contributed by atoms with Crippen LogP contribution in [0.5, 0.6) is 0 Å². The summed E-state index contributed by atoms with van der Waals surface area (Å²) in [6.45, 7) is 4.58. The van der Waals surface area contributed by atoms with E-state index in [9.17, 15) is 4.79 Å². The summed E-state index contributed by atoms with van der Waals surface area (Å²) < 4.78 is 2.05. The maximum Gasteiger partial charge on any atom is 0.270 e. The number of carbonyl (C=O) groups excluding carboxylic acids is 1. The Hall–Kier alpha value is -1.00. The fourth-order valence-electron chi connectivity index (χ4n) is 2.56. The molecular formula is C13H18ClN3O. The molecule has 4 nitrogen and oxygen atoms in total. The number of amides is 1. The van der Waals surface area contributed by atoms with Gasteiger partial charge < -0.3 is 14.8 Å². The minimum Gasteiger partial charge on any atom is -0.339 e. The van der Waals surface area contributed by atoms with Crippen molar-refractivity contribution in [2.75, 3.05) is 19.6 Å². The average Bonchev–Trinajstić information content (AvgIpc) is 3.12. The molecule has 1 aromatic rings. The minimum atomic E-state index is 0.114. The maximum atomic E-state index is 12.6.